The van der Waals surface area contributed by atoms with Gasteiger partial charge in [0, 0.05) is 28.4 Å². The first-order valence-electron chi connectivity index (χ1n) is 7.79. The van der Waals surface area contributed by atoms with Crippen LogP contribution in [-0.4, -0.2) is 4.57 Å². The lowest BCUT2D eigenvalue weighted by Crippen LogP contribution is -1.97. The molecule has 0 fully saturated rings. The minimum atomic E-state index is 1.13. The van der Waals surface area contributed by atoms with E-state index in [1.165, 1.54) is 53.1 Å². The number of rotatable bonds is 5. The SMILES string of the molecule is CCCCCCn1c2ccccc2c2cc(C)ccc21. The highest BCUT2D eigenvalue weighted by molar-refractivity contribution is 6.08. The third-order valence-corrected chi connectivity index (χ3v) is 4.16. The summed E-state index contributed by atoms with van der Waals surface area (Å²) in [5, 5.41) is 2.79. The maximum Gasteiger partial charge on any atom is 0.0491 e. The first kappa shape index (κ1) is 13.2. The highest BCUT2D eigenvalue weighted by atomic mass is 15.0. The van der Waals surface area contributed by atoms with Gasteiger partial charge in [0.15, 0.2) is 0 Å². The molecule has 3 rings (SSSR count). The standard InChI is InChI=1S/C19H23N/c1-3-4-5-8-13-20-18-10-7-6-9-16(18)17-14-15(2)11-12-19(17)20/h6-7,9-12,14H,3-5,8,13H2,1-2H3. The average Bonchev–Trinajstić information content (AvgIpc) is 2.78. The van der Waals surface area contributed by atoms with Crippen LogP contribution in [0.25, 0.3) is 21.8 Å². The topological polar surface area (TPSA) is 4.93 Å². The predicted octanol–water partition coefficient (Wildman–Crippen LogP) is 5.68. The minimum Gasteiger partial charge on any atom is -0.340 e. The summed E-state index contributed by atoms with van der Waals surface area (Å²) in [5.74, 6) is 0. The molecule has 0 spiro atoms. The molecule has 1 heteroatoms. The Labute approximate surface area is 121 Å². The van der Waals surface area contributed by atoms with E-state index in [-0.39, 0.29) is 0 Å². The van der Waals surface area contributed by atoms with Crippen molar-refractivity contribution >= 4 is 21.8 Å². The number of nitrogens with zero attached hydrogens (tertiary/aromatic N) is 1. The number of aromatic nitrogens is 1. The summed E-state index contributed by atoms with van der Waals surface area (Å²) in [6, 6.07) is 15.6. The molecule has 1 heterocycles. The number of para-hydroxylation sites is 1. The number of hydrogen-bond donors (Lipinski definition) is 0. The second-order valence-electron chi connectivity index (χ2n) is 5.75. The van der Waals surface area contributed by atoms with Gasteiger partial charge in [-0.1, -0.05) is 56.0 Å². The average molecular weight is 265 g/mol. The zero-order valence-electron chi connectivity index (χ0n) is 12.5. The molecule has 0 unspecified atom stereocenters. The van der Waals surface area contributed by atoms with Gasteiger partial charge in [0.1, 0.15) is 0 Å². The molecule has 0 aliphatic rings. The normalized spacial score (nSPS) is 11.5. The van der Waals surface area contributed by atoms with Gasteiger partial charge in [-0.3, -0.25) is 0 Å². The highest BCUT2D eigenvalue weighted by Gasteiger charge is 2.09. The molecule has 0 N–H and O–H groups in total. The Morgan fingerprint density at radius 2 is 1.65 bits per heavy atom. The van der Waals surface area contributed by atoms with Crippen molar-refractivity contribution in [2.24, 2.45) is 0 Å². The molecule has 0 aliphatic carbocycles. The molecule has 0 radical (unpaired) electrons. The summed E-state index contributed by atoms with van der Waals surface area (Å²) in [6.07, 6.45) is 5.24. The third kappa shape index (κ3) is 2.33. The van der Waals surface area contributed by atoms with Crippen molar-refractivity contribution in [1.29, 1.82) is 0 Å². The van der Waals surface area contributed by atoms with E-state index in [4.69, 9.17) is 0 Å². The number of aryl methyl sites for hydroxylation is 2. The molecule has 0 bridgehead atoms. The van der Waals surface area contributed by atoms with Gasteiger partial charge < -0.3 is 4.57 Å². The largest absolute Gasteiger partial charge is 0.340 e. The minimum absolute atomic E-state index is 1.13. The van der Waals surface area contributed by atoms with E-state index in [2.05, 4.69) is 60.9 Å². The van der Waals surface area contributed by atoms with Crippen molar-refractivity contribution in [3.63, 3.8) is 0 Å². The lowest BCUT2D eigenvalue weighted by Gasteiger charge is -2.07. The molecule has 0 aliphatic heterocycles. The lowest BCUT2D eigenvalue weighted by molar-refractivity contribution is 0.602. The van der Waals surface area contributed by atoms with E-state index in [1.807, 2.05) is 0 Å². The van der Waals surface area contributed by atoms with Crippen LogP contribution in [-0.2, 0) is 6.54 Å². The summed E-state index contributed by atoms with van der Waals surface area (Å²) < 4.78 is 2.50. The van der Waals surface area contributed by atoms with Crippen LogP contribution in [0.1, 0.15) is 38.2 Å². The molecule has 0 atom stereocenters. The maximum atomic E-state index is 2.50. The summed E-state index contributed by atoms with van der Waals surface area (Å²) in [6.45, 7) is 5.57. The van der Waals surface area contributed by atoms with Gasteiger partial charge in [0.2, 0.25) is 0 Å². The van der Waals surface area contributed by atoms with E-state index >= 15 is 0 Å². The fourth-order valence-electron chi connectivity index (χ4n) is 3.11. The Morgan fingerprint density at radius 3 is 2.50 bits per heavy atom. The van der Waals surface area contributed by atoms with Gasteiger partial charge >= 0.3 is 0 Å². The molecule has 1 nitrogen and oxygen atoms in total. The van der Waals surface area contributed by atoms with Crippen LogP contribution in [0.3, 0.4) is 0 Å². The van der Waals surface area contributed by atoms with Crippen LogP contribution in [0.2, 0.25) is 0 Å². The molecule has 104 valence electrons. The fourth-order valence-corrected chi connectivity index (χ4v) is 3.11. The van der Waals surface area contributed by atoms with Crippen molar-refractivity contribution in [1.82, 2.24) is 4.57 Å². The summed E-state index contributed by atoms with van der Waals surface area (Å²) >= 11 is 0. The fraction of sp³-hybridized carbons (Fsp3) is 0.368. The Kier molecular flexibility index (Phi) is 3.77. The van der Waals surface area contributed by atoms with Crippen LogP contribution in [0.15, 0.2) is 42.5 Å². The van der Waals surface area contributed by atoms with Gasteiger partial charge in [0.25, 0.3) is 0 Å². The van der Waals surface area contributed by atoms with Gasteiger partial charge in [-0.05, 0) is 31.5 Å². The molecule has 2 aromatic carbocycles. The zero-order chi connectivity index (χ0) is 13.9. The van der Waals surface area contributed by atoms with Crippen LogP contribution in [0, 0.1) is 6.92 Å². The van der Waals surface area contributed by atoms with Gasteiger partial charge in [-0.2, -0.15) is 0 Å². The van der Waals surface area contributed by atoms with Crippen molar-refractivity contribution in [2.45, 2.75) is 46.1 Å². The van der Waals surface area contributed by atoms with Gasteiger partial charge in [0.05, 0.1) is 0 Å². The van der Waals surface area contributed by atoms with E-state index in [1.54, 1.807) is 0 Å². The van der Waals surface area contributed by atoms with E-state index in [0.29, 0.717) is 0 Å². The molecular formula is C19H23N. The van der Waals surface area contributed by atoms with Gasteiger partial charge in [-0.15, -0.1) is 0 Å². The van der Waals surface area contributed by atoms with Crippen LogP contribution < -0.4 is 0 Å². The van der Waals surface area contributed by atoms with Crippen LogP contribution >= 0.6 is 0 Å². The third-order valence-electron chi connectivity index (χ3n) is 4.16. The summed E-state index contributed by atoms with van der Waals surface area (Å²) in [7, 11) is 0. The highest BCUT2D eigenvalue weighted by Crippen LogP contribution is 2.30. The van der Waals surface area contributed by atoms with E-state index in [9.17, 15) is 0 Å². The van der Waals surface area contributed by atoms with E-state index in [0.717, 1.165) is 6.54 Å². The quantitative estimate of drug-likeness (QED) is 0.523. The molecule has 20 heavy (non-hydrogen) atoms. The van der Waals surface area contributed by atoms with Gasteiger partial charge in [-0.25, -0.2) is 0 Å². The predicted molar refractivity (Wildman–Crippen MR) is 88.3 cm³/mol. The molecule has 0 amide bonds. The Bertz CT molecular complexity index is 721. The smallest absolute Gasteiger partial charge is 0.0491 e. The van der Waals surface area contributed by atoms with Crippen molar-refractivity contribution < 1.29 is 0 Å². The molecule has 0 saturated carbocycles. The molecule has 3 aromatic rings. The first-order valence-corrected chi connectivity index (χ1v) is 7.79. The van der Waals surface area contributed by atoms with E-state index < -0.39 is 0 Å². The summed E-state index contributed by atoms with van der Waals surface area (Å²) in [4.78, 5) is 0. The molecule has 1 aromatic heterocycles. The van der Waals surface area contributed by atoms with Crippen LogP contribution in [0.4, 0.5) is 0 Å². The van der Waals surface area contributed by atoms with Crippen LogP contribution in [0.5, 0.6) is 0 Å². The second kappa shape index (κ2) is 5.70. The monoisotopic (exact) mass is 265 g/mol. The molecular weight excluding hydrogens is 242 g/mol. The summed E-state index contributed by atoms with van der Waals surface area (Å²) in [5.41, 5.74) is 4.10. The van der Waals surface area contributed by atoms with Crippen molar-refractivity contribution in [3.05, 3.63) is 48.0 Å². The number of unbranched alkanes of at least 4 members (excludes halogenated alkanes) is 3. The number of fused-ring (bicyclic) bond motifs is 3. The number of benzene rings is 2. The Balaban J connectivity index is 2.07. The lowest BCUT2D eigenvalue weighted by atomic mass is 10.1. The Hall–Kier alpha value is -1.76. The first-order chi connectivity index (χ1) is 9.81. The number of hydrogen-bond acceptors (Lipinski definition) is 0. The van der Waals surface area contributed by atoms with Crippen molar-refractivity contribution in [3.8, 4) is 0 Å². The zero-order valence-corrected chi connectivity index (χ0v) is 12.5. The second-order valence-corrected chi connectivity index (χ2v) is 5.75. The maximum absolute atomic E-state index is 2.50. The Morgan fingerprint density at radius 1 is 0.850 bits per heavy atom. The van der Waals surface area contributed by atoms with Crippen molar-refractivity contribution in [2.75, 3.05) is 0 Å². The molecule has 0 saturated heterocycles.